The van der Waals surface area contributed by atoms with Gasteiger partial charge < -0.3 is 9.88 Å². The van der Waals surface area contributed by atoms with Crippen molar-refractivity contribution in [3.8, 4) is 0 Å². The van der Waals surface area contributed by atoms with E-state index in [2.05, 4.69) is 5.32 Å². The Balaban J connectivity index is 1.80. The SMILES string of the molecule is O=C(Cn1ccc2ccc(Cl)cc21)Nc1ccccc1Cl. The molecule has 0 fully saturated rings. The van der Waals surface area contributed by atoms with Gasteiger partial charge in [0.1, 0.15) is 6.54 Å². The molecule has 1 amide bonds. The molecule has 0 aliphatic heterocycles. The van der Waals surface area contributed by atoms with Crippen LogP contribution in [-0.4, -0.2) is 10.5 Å². The van der Waals surface area contributed by atoms with Crippen molar-refractivity contribution in [1.82, 2.24) is 4.57 Å². The van der Waals surface area contributed by atoms with Gasteiger partial charge in [-0.2, -0.15) is 0 Å². The lowest BCUT2D eigenvalue weighted by molar-refractivity contribution is -0.116. The van der Waals surface area contributed by atoms with Crippen molar-refractivity contribution in [3.05, 3.63) is 64.8 Å². The van der Waals surface area contributed by atoms with Gasteiger partial charge in [0.2, 0.25) is 5.91 Å². The second-order valence-corrected chi connectivity index (χ2v) is 5.52. The van der Waals surface area contributed by atoms with Crippen molar-refractivity contribution in [2.24, 2.45) is 0 Å². The minimum Gasteiger partial charge on any atom is -0.338 e. The average molecular weight is 319 g/mol. The van der Waals surface area contributed by atoms with Crippen molar-refractivity contribution in [1.29, 1.82) is 0 Å². The molecule has 3 nitrogen and oxygen atoms in total. The number of fused-ring (bicyclic) bond motifs is 1. The highest BCUT2D eigenvalue weighted by atomic mass is 35.5. The fraction of sp³-hybridized carbons (Fsp3) is 0.0625. The topological polar surface area (TPSA) is 34.0 Å². The minimum atomic E-state index is -0.138. The number of amides is 1. The third-order valence-corrected chi connectivity index (χ3v) is 3.76. The van der Waals surface area contributed by atoms with E-state index >= 15 is 0 Å². The van der Waals surface area contributed by atoms with E-state index in [0.717, 1.165) is 10.9 Å². The highest BCUT2D eigenvalue weighted by molar-refractivity contribution is 6.33. The van der Waals surface area contributed by atoms with Crippen LogP contribution in [0.4, 0.5) is 5.69 Å². The number of halogens is 2. The maximum atomic E-state index is 12.1. The average Bonchev–Trinajstić information content (AvgIpc) is 2.84. The van der Waals surface area contributed by atoms with Crippen molar-refractivity contribution in [2.75, 3.05) is 5.32 Å². The molecule has 0 saturated carbocycles. The van der Waals surface area contributed by atoms with Crippen molar-refractivity contribution >= 4 is 45.7 Å². The molecule has 1 N–H and O–H groups in total. The zero-order valence-electron chi connectivity index (χ0n) is 11.0. The molecule has 0 unspecified atom stereocenters. The molecule has 0 aliphatic carbocycles. The third-order valence-electron chi connectivity index (χ3n) is 3.20. The second-order valence-electron chi connectivity index (χ2n) is 4.67. The fourth-order valence-electron chi connectivity index (χ4n) is 2.20. The Kier molecular flexibility index (Phi) is 3.86. The van der Waals surface area contributed by atoms with Crippen molar-refractivity contribution in [3.63, 3.8) is 0 Å². The van der Waals surface area contributed by atoms with Gasteiger partial charge >= 0.3 is 0 Å². The number of aromatic nitrogens is 1. The minimum absolute atomic E-state index is 0.138. The van der Waals surface area contributed by atoms with Crippen LogP contribution in [-0.2, 0) is 11.3 Å². The zero-order chi connectivity index (χ0) is 14.8. The Hall–Kier alpha value is -1.97. The van der Waals surface area contributed by atoms with E-state index in [-0.39, 0.29) is 12.5 Å². The molecule has 0 bridgehead atoms. The number of carbonyl (C=O) groups excluding carboxylic acids is 1. The molecular formula is C16H12Cl2N2O. The van der Waals surface area contributed by atoms with Gasteiger partial charge in [-0.1, -0.05) is 41.4 Å². The summed E-state index contributed by atoms with van der Waals surface area (Å²) in [6.45, 7) is 0.203. The lowest BCUT2D eigenvalue weighted by Crippen LogP contribution is -2.18. The Bertz CT molecular complexity index is 811. The zero-order valence-corrected chi connectivity index (χ0v) is 12.5. The van der Waals surface area contributed by atoms with Gasteiger partial charge in [0.05, 0.1) is 10.7 Å². The number of hydrogen-bond donors (Lipinski definition) is 1. The Labute approximate surface area is 132 Å². The molecule has 3 rings (SSSR count). The number of carbonyl (C=O) groups is 1. The molecule has 0 radical (unpaired) electrons. The molecule has 0 spiro atoms. The first-order valence-corrected chi connectivity index (χ1v) is 7.18. The molecule has 3 aromatic rings. The lowest BCUT2D eigenvalue weighted by Gasteiger charge is -2.08. The van der Waals surface area contributed by atoms with Crippen LogP contribution in [0.3, 0.4) is 0 Å². The summed E-state index contributed by atoms with van der Waals surface area (Å²) in [5.41, 5.74) is 1.54. The van der Waals surface area contributed by atoms with Crippen molar-refractivity contribution in [2.45, 2.75) is 6.54 Å². The van der Waals surface area contributed by atoms with Crippen LogP contribution in [0.1, 0.15) is 0 Å². The largest absolute Gasteiger partial charge is 0.338 e. The van der Waals surface area contributed by atoms with Gasteiger partial charge in [-0.3, -0.25) is 4.79 Å². The van der Waals surface area contributed by atoms with Crippen LogP contribution in [0.5, 0.6) is 0 Å². The van der Waals surface area contributed by atoms with Crippen LogP contribution in [0.15, 0.2) is 54.7 Å². The predicted molar refractivity (Wildman–Crippen MR) is 87.0 cm³/mol. The molecule has 1 heterocycles. The summed E-state index contributed by atoms with van der Waals surface area (Å²) in [5.74, 6) is -0.138. The fourth-order valence-corrected chi connectivity index (χ4v) is 2.55. The van der Waals surface area contributed by atoms with Crippen LogP contribution < -0.4 is 5.32 Å². The van der Waals surface area contributed by atoms with E-state index in [0.29, 0.717) is 15.7 Å². The van der Waals surface area contributed by atoms with Gasteiger partial charge in [-0.05, 0) is 35.7 Å². The van der Waals surface area contributed by atoms with E-state index in [9.17, 15) is 4.79 Å². The first kappa shape index (κ1) is 14.0. The predicted octanol–water partition coefficient (Wildman–Crippen LogP) is 4.59. The highest BCUT2D eigenvalue weighted by Gasteiger charge is 2.08. The smallest absolute Gasteiger partial charge is 0.244 e. The molecule has 106 valence electrons. The summed E-state index contributed by atoms with van der Waals surface area (Å²) >= 11 is 12.0. The van der Waals surface area contributed by atoms with Gasteiger partial charge in [-0.25, -0.2) is 0 Å². The summed E-state index contributed by atoms with van der Waals surface area (Å²) in [5, 5.41) is 5.02. The van der Waals surface area contributed by atoms with E-state index in [1.807, 2.05) is 47.2 Å². The van der Waals surface area contributed by atoms with Gasteiger partial charge in [0, 0.05) is 16.7 Å². The van der Waals surface area contributed by atoms with E-state index in [1.54, 1.807) is 12.1 Å². The summed E-state index contributed by atoms with van der Waals surface area (Å²) in [4.78, 5) is 12.1. The summed E-state index contributed by atoms with van der Waals surface area (Å²) in [7, 11) is 0. The first-order chi connectivity index (χ1) is 10.1. The Morgan fingerprint density at radius 1 is 1.10 bits per heavy atom. The number of benzene rings is 2. The number of nitrogens with zero attached hydrogens (tertiary/aromatic N) is 1. The molecule has 21 heavy (non-hydrogen) atoms. The van der Waals surface area contributed by atoms with Crippen molar-refractivity contribution < 1.29 is 4.79 Å². The second kappa shape index (κ2) is 5.80. The summed E-state index contributed by atoms with van der Waals surface area (Å²) in [6, 6.07) is 14.7. The summed E-state index contributed by atoms with van der Waals surface area (Å²) in [6.07, 6.45) is 1.87. The first-order valence-electron chi connectivity index (χ1n) is 6.42. The number of hydrogen-bond acceptors (Lipinski definition) is 1. The highest BCUT2D eigenvalue weighted by Crippen LogP contribution is 2.22. The van der Waals surface area contributed by atoms with Crippen LogP contribution in [0, 0.1) is 0 Å². The number of rotatable bonds is 3. The Morgan fingerprint density at radius 3 is 2.71 bits per heavy atom. The molecular weight excluding hydrogens is 307 g/mol. The monoisotopic (exact) mass is 318 g/mol. The maximum Gasteiger partial charge on any atom is 0.244 e. The molecule has 0 aliphatic rings. The Morgan fingerprint density at radius 2 is 1.90 bits per heavy atom. The molecule has 1 aromatic heterocycles. The maximum absolute atomic E-state index is 12.1. The molecule has 0 saturated heterocycles. The molecule has 5 heteroatoms. The van der Waals surface area contributed by atoms with Gasteiger partial charge in [0.15, 0.2) is 0 Å². The molecule has 2 aromatic carbocycles. The van der Waals surface area contributed by atoms with E-state index < -0.39 is 0 Å². The van der Waals surface area contributed by atoms with Crippen LogP contribution >= 0.6 is 23.2 Å². The number of nitrogens with one attached hydrogen (secondary N) is 1. The third kappa shape index (κ3) is 3.04. The quantitative estimate of drug-likeness (QED) is 0.753. The lowest BCUT2D eigenvalue weighted by atomic mass is 10.2. The van der Waals surface area contributed by atoms with E-state index in [4.69, 9.17) is 23.2 Å². The normalized spacial score (nSPS) is 10.8. The number of anilines is 1. The van der Waals surface area contributed by atoms with Gasteiger partial charge in [-0.15, -0.1) is 0 Å². The van der Waals surface area contributed by atoms with E-state index in [1.165, 1.54) is 0 Å². The van der Waals surface area contributed by atoms with Crippen LogP contribution in [0.25, 0.3) is 10.9 Å². The van der Waals surface area contributed by atoms with Gasteiger partial charge in [0.25, 0.3) is 0 Å². The summed E-state index contributed by atoms with van der Waals surface area (Å²) < 4.78 is 1.85. The standard InChI is InChI=1S/C16H12Cl2N2O/c17-12-6-5-11-7-8-20(15(11)9-12)10-16(21)19-14-4-2-1-3-13(14)18/h1-9H,10H2,(H,19,21). The number of para-hydroxylation sites is 1. The molecule has 0 atom stereocenters. The van der Waals surface area contributed by atoms with Crippen LogP contribution in [0.2, 0.25) is 10.0 Å².